The van der Waals surface area contributed by atoms with E-state index < -0.39 is 0 Å². The molecule has 122 valence electrons. The van der Waals surface area contributed by atoms with E-state index in [-0.39, 0.29) is 5.91 Å². The standard InChI is InChI=1S/C15H16BrN3O2S2/c16-11-3-5-12(6-4-11)22-8-7-17-13(20)9-23-15-19-18-14(21-15)10-1-2-10/h3-6,10H,1-2,7-9H2,(H,17,20). The van der Waals surface area contributed by atoms with Crippen molar-refractivity contribution >= 4 is 45.4 Å². The highest BCUT2D eigenvalue weighted by Crippen LogP contribution is 2.39. The Kier molecular flexibility index (Phi) is 6.02. The molecule has 1 heterocycles. The molecule has 0 spiro atoms. The summed E-state index contributed by atoms with van der Waals surface area (Å²) in [6.07, 6.45) is 2.26. The number of thioether (sulfide) groups is 2. The van der Waals surface area contributed by atoms with Crippen molar-refractivity contribution in [3.8, 4) is 0 Å². The lowest BCUT2D eigenvalue weighted by molar-refractivity contribution is -0.118. The van der Waals surface area contributed by atoms with Gasteiger partial charge in [0.25, 0.3) is 5.22 Å². The minimum atomic E-state index is -0.0161. The zero-order valence-corrected chi connectivity index (χ0v) is 15.5. The summed E-state index contributed by atoms with van der Waals surface area (Å²) in [5.74, 6) is 2.28. The molecule has 0 atom stereocenters. The fourth-order valence-electron chi connectivity index (χ4n) is 1.84. The van der Waals surface area contributed by atoms with E-state index in [1.54, 1.807) is 11.8 Å². The first-order chi connectivity index (χ1) is 11.2. The fourth-order valence-corrected chi connectivity index (χ4v) is 3.47. The Labute approximate surface area is 151 Å². The second kappa shape index (κ2) is 8.21. The molecule has 0 unspecified atom stereocenters. The van der Waals surface area contributed by atoms with E-state index in [0.717, 1.165) is 23.1 Å². The summed E-state index contributed by atoms with van der Waals surface area (Å²) in [6.45, 7) is 0.636. The molecule has 0 radical (unpaired) electrons. The van der Waals surface area contributed by atoms with E-state index in [1.165, 1.54) is 16.7 Å². The highest BCUT2D eigenvalue weighted by atomic mass is 79.9. The van der Waals surface area contributed by atoms with Gasteiger partial charge in [-0.1, -0.05) is 27.7 Å². The van der Waals surface area contributed by atoms with E-state index in [9.17, 15) is 4.79 Å². The van der Waals surface area contributed by atoms with E-state index in [1.807, 2.05) is 12.1 Å². The quantitative estimate of drug-likeness (QED) is 0.525. The molecule has 2 aromatic rings. The van der Waals surface area contributed by atoms with Gasteiger partial charge in [-0.2, -0.15) is 0 Å². The molecule has 1 N–H and O–H groups in total. The minimum absolute atomic E-state index is 0.0161. The van der Waals surface area contributed by atoms with Crippen LogP contribution >= 0.6 is 39.5 Å². The Hall–Kier alpha value is -0.990. The Bertz CT molecular complexity index is 659. The molecular formula is C15H16BrN3O2S2. The molecule has 23 heavy (non-hydrogen) atoms. The zero-order chi connectivity index (χ0) is 16.1. The Morgan fingerprint density at radius 3 is 2.78 bits per heavy atom. The summed E-state index contributed by atoms with van der Waals surface area (Å²) >= 11 is 6.41. The van der Waals surface area contributed by atoms with Gasteiger partial charge in [0.1, 0.15) is 0 Å². The van der Waals surface area contributed by atoms with Gasteiger partial charge in [-0.25, -0.2) is 0 Å². The maximum Gasteiger partial charge on any atom is 0.277 e. The van der Waals surface area contributed by atoms with Crippen molar-refractivity contribution in [2.24, 2.45) is 0 Å². The molecule has 1 fully saturated rings. The number of amides is 1. The first kappa shape index (κ1) is 16.9. The summed E-state index contributed by atoms with van der Waals surface area (Å²) in [7, 11) is 0. The topological polar surface area (TPSA) is 68.0 Å². The van der Waals surface area contributed by atoms with E-state index >= 15 is 0 Å². The summed E-state index contributed by atoms with van der Waals surface area (Å²) in [6, 6.07) is 8.13. The highest BCUT2D eigenvalue weighted by Gasteiger charge is 2.29. The molecule has 0 aliphatic heterocycles. The number of carbonyl (C=O) groups is 1. The van der Waals surface area contributed by atoms with Gasteiger partial charge in [0.15, 0.2) is 0 Å². The molecule has 1 aromatic carbocycles. The number of nitrogens with one attached hydrogen (secondary N) is 1. The van der Waals surface area contributed by atoms with Crippen molar-refractivity contribution in [1.82, 2.24) is 15.5 Å². The monoisotopic (exact) mass is 413 g/mol. The Balaban J connectivity index is 1.30. The predicted molar refractivity (Wildman–Crippen MR) is 94.9 cm³/mol. The van der Waals surface area contributed by atoms with Crippen LogP contribution in [-0.2, 0) is 4.79 Å². The third-order valence-electron chi connectivity index (χ3n) is 3.18. The lowest BCUT2D eigenvalue weighted by Crippen LogP contribution is -2.27. The molecule has 0 saturated heterocycles. The predicted octanol–water partition coefficient (Wildman–Crippen LogP) is 3.71. The SMILES string of the molecule is O=C(CSc1nnc(C2CC2)o1)NCCSc1ccc(Br)cc1. The largest absolute Gasteiger partial charge is 0.416 e. The zero-order valence-electron chi connectivity index (χ0n) is 12.3. The molecule has 8 heteroatoms. The van der Waals surface area contributed by atoms with Crippen LogP contribution in [0.2, 0.25) is 0 Å². The van der Waals surface area contributed by atoms with Gasteiger partial charge in [0, 0.05) is 27.6 Å². The van der Waals surface area contributed by atoms with Crippen molar-refractivity contribution in [3.05, 3.63) is 34.6 Å². The summed E-state index contributed by atoms with van der Waals surface area (Å²) < 4.78 is 6.57. The number of nitrogens with zero attached hydrogens (tertiary/aromatic N) is 2. The molecule has 1 aliphatic carbocycles. The van der Waals surface area contributed by atoms with Crippen molar-refractivity contribution in [2.75, 3.05) is 18.1 Å². The Morgan fingerprint density at radius 2 is 2.04 bits per heavy atom. The first-order valence-electron chi connectivity index (χ1n) is 7.32. The average molecular weight is 414 g/mol. The molecular weight excluding hydrogens is 398 g/mol. The van der Waals surface area contributed by atoms with Crippen LogP contribution in [0, 0.1) is 0 Å². The molecule has 1 saturated carbocycles. The van der Waals surface area contributed by atoms with Gasteiger partial charge in [-0.15, -0.1) is 22.0 Å². The van der Waals surface area contributed by atoms with Crippen molar-refractivity contribution in [3.63, 3.8) is 0 Å². The maximum atomic E-state index is 11.8. The highest BCUT2D eigenvalue weighted by molar-refractivity contribution is 9.10. The van der Waals surface area contributed by atoms with Crippen LogP contribution in [0.4, 0.5) is 0 Å². The third-order valence-corrected chi connectivity index (χ3v) is 5.54. The van der Waals surface area contributed by atoms with Gasteiger partial charge in [-0.3, -0.25) is 4.79 Å². The normalized spacial score (nSPS) is 14.0. The van der Waals surface area contributed by atoms with Crippen molar-refractivity contribution < 1.29 is 9.21 Å². The third kappa shape index (κ3) is 5.54. The summed E-state index contributed by atoms with van der Waals surface area (Å²) in [4.78, 5) is 13.0. The van der Waals surface area contributed by atoms with Crippen LogP contribution in [-0.4, -0.2) is 34.2 Å². The van der Waals surface area contributed by atoms with Crippen molar-refractivity contribution in [1.29, 1.82) is 0 Å². The van der Waals surface area contributed by atoms with Crippen LogP contribution in [0.15, 0.2) is 43.3 Å². The van der Waals surface area contributed by atoms with Crippen LogP contribution in [0.3, 0.4) is 0 Å². The molecule has 1 aliphatic rings. The molecule has 1 aromatic heterocycles. The number of rotatable bonds is 8. The van der Waals surface area contributed by atoms with Gasteiger partial charge < -0.3 is 9.73 Å². The molecule has 0 bridgehead atoms. The van der Waals surface area contributed by atoms with E-state index in [2.05, 4.69) is 43.6 Å². The Morgan fingerprint density at radius 1 is 1.26 bits per heavy atom. The lowest BCUT2D eigenvalue weighted by atomic mass is 10.4. The molecule has 3 rings (SSSR count). The molecule has 5 nitrogen and oxygen atoms in total. The molecule has 1 amide bonds. The second-order valence-electron chi connectivity index (χ2n) is 5.12. The summed E-state index contributed by atoms with van der Waals surface area (Å²) in [5, 5.41) is 11.3. The maximum absolute atomic E-state index is 11.8. The number of aromatic nitrogens is 2. The smallest absolute Gasteiger partial charge is 0.277 e. The second-order valence-corrected chi connectivity index (χ2v) is 8.13. The lowest BCUT2D eigenvalue weighted by Gasteiger charge is -2.04. The number of benzene rings is 1. The van der Waals surface area contributed by atoms with E-state index in [0.29, 0.717) is 29.3 Å². The first-order valence-corrected chi connectivity index (χ1v) is 10.1. The van der Waals surface area contributed by atoms with Gasteiger partial charge in [0.05, 0.1) is 5.75 Å². The van der Waals surface area contributed by atoms with Gasteiger partial charge >= 0.3 is 0 Å². The van der Waals surface area contributed by atoms with Crippen LogP contribution in [0.5, 0.6) is 0 Å². The van der Waals surface area contributed by atoms with Crippen LogP contribution in [0.1, 0.15) is 24.7 Å². The number of carbonyl (C=O) groups excluding carboxylic acids is 1. The van der Waals surface area contributed by atoms with Gasteiger partial charge in [-0.05, 0) is 37.1 Å². The fraction of sp³-hybridized carbons (Fsp3) is 0.400. The minimum Gasteiger partial charge on any atom is -0.416 e. The van der Waals surface area contributed by atoms with Crippen LogP contribution < -0.4 is 5.32 Å². The number of halogens is 1. The van der Waals surface area contributed by atoms with Crippen molar-refractivity contribution in [2.45, 2.75) is 28.9 Å². The number of hydrogen-bond donors (Lipinski definition) is 1. The van der Waals surface area contributed by atoms with Crippen LogP contribution in [0.25, 0.3) is 0 Å². The van der Waals surface area contributed by atoms with E-state index in [4.69, 9.17) is 4.42 Å². The summed E-state index contributed by atoms with van der Waals surface area (Å²) in [5.41, 5.74) is 0. The average Bonchev–Trinajstić information content (AvgIpc) is 3.30. The number of hydrogen-bond acceptors (Lipinski definition) is 6. The van der Waals surface area contributed by atoms with Gasteiger partial charge in [0.2, 0.25) is 11.8 Å².